The summed E-state index contributed by atoms with van der Waals surface area (Å²) in [5.41, 5.74) is -0.823. The van der Waals surface area contributed by atoms with Crippen molar-refractivity contribution < 1.29 is 38.2 Å². The Hall–Kier alpha value is -2.96. The molecule has 0 fully saturated rings. The number of nitrogens with one attached hydrogen (secondary N) is 2. The Morgan fingerprint density at radius 2 is 1.76 bits per heavy atom. The van der Waals surface area contributed by atoms with Crippen molar-refractivity contribution in [2.75, 3.05) is 52.9 Å². The highest BCUT2D eigenvalue weighted by molar-refractivity contribution is 7.98. The summed E-state index contributed by atoms with van der Waals surface area (Å²) in [4.78, 5) is 64.0. The minimum atomic E-state index is -1.25. The van der Waals surface area contributed by atoms with Crippen LogP contribution < -0.4 is 10.6 Å². The lowest BCUT2D eigenvalue weighted by Crippen LogP contribution is -2.57. The molecular formula is C21H36N4O8S. The second-order valence-corrected chi connectivity index (χ2v) is 9.07. The van der Waals surface area contributed by atoms with Gasteiger partial charge >= 0.3 is 18.2 Å². The standard InChI is InChI=1S/C21H36N4O8S/c1-9-10-32-20(30)25(6)15(13-34-8)18(28)24(5)12-14(17(27)22-11-16(26)31-7)23-19(29)33-21(2,3)4/h9,14-15H,1,10-13H2,2-8H3,(H,22,27)(H,23,29)/t14-,15-/m1/s1. The number of hydrogen-bond acceptors (Lipinski definition) is 9. The number of ether oxygens (including phenoxy) is 3. The van der Waals surface area contributed by atoms with Crippen LogP contribution in [-0.4, -0.2) is 110 Å². The van der Waals surface area contributed by atoms with Crippen molar-refractivity contribution in [3.63, 3.8) is 0 Å². The fraction of sp³-hybridized carbons (Fsp3) is 0.667. The van der Waals surface area contributed by atoms with Gasteiger partial charge in [-0.15, -0.1) is 0 Å². The molecule has 0 saturated carbocycles. The quantitative estimate of drug-likeness (QED) is 0.222. The molecule has 2 N–H and O–H groups in total. The number of hydrogen-bond donors (Lipinski definition) is 2. The van der Waals surface area contributed by atoms with E-state index in [0.717, 1.165) is 4.90 Å². The van der Waals surface area contributed by atoms with Crippen molar-refractivity contribution in [2.45, 2.75) is 38.5 Å². The lowest BCUT2D eigenvalue weighted by molar-refractivity contribution is -0.141. The number of rotatable bonds is 12. The van der Waals surface area contributed by atoms with Gasteiger partial charge in [0, 0.05) is 26.4 Å². The molecule has 0 spiro atoms. The van der Waals surface area contributed by atoms with Crippen LogP contribution in [0.5, 0.6) is 0 Å². The predicted molar refractivity (Wildman–Crippen MR) is 127 cm³/mol. The first-order valence-electron chi connectivity index (χ1n) is 10.4. The number of nitrogens with zero attached hydrogens (tertiary/aromatic N) is 2. The number of carbonyl (C=O) groups is 5. The summed E-state index contributed by atoms with van der Waals surface area (Å²) < 4.78 is 14.7. The van der Waals surface area contributed by atoms with E-state index in [9.17, 15) is 24.0 Å². The van der Waals surface area contributed by atoms with E-state index >= 15 is 0 Å². The molecule has 2 atom stereocenters. The number of likely N-dealkylation sites (N-methyl/N-ethyl adjacent to an activating group) is 2. The Bertz CT molecular complexity index is 741. The molecule has 12 nitrogen and oxygen atoms in total. The van der Waals surface area contributed by atoms with Crippen LogP contribution in [0, 0.1) is 0 Å². The number of amides is 4. The van der Waals surface area contributed by atoms with E-state index in [0.29, 0.717) is 0 Å². The van der Waals surface area contributed by atoms with Gasteiger partial charge in [-0.25, -0.2) is 9.59 Å². The summed E-state index contributed by atoms with van der Waals surface area (Å²) in [6.07, 6.45) is 1.59. The van der Waals surface area contributed by atoms with Crippen molar-refractivity contribution in [1.29, 1.82) is 0 Å². The summed E-state index contributed by atoms with van der Waals surface area (Å²) in [6, 6.07) is -2.14. The molecule has 0 rings (SSSR count). The Morgan fingerprint density at radius 1 is 1.15 bits per heavy atom. The maximum Gasteiger partial charge on any atom is 0.410 e. The highest BCUT2D eigenvalue weighted by Crippen LogP contribution is 2.11. The third-order valence-corrected chi connectivity index (χ3v) is 4.81. The van der Waals surface area contributed by atoms with Crippen LogP contribution in [0.4, 0.5) is 9.59 Å². The summed E-state index contributed by atoms with van der Waals surface area (Å²) in [7, 11) is 4.02. The van der Waals surface area contributed by atoms with E-state index in [1.54, 1.807) is 27.0 Å². The molecule has 0 heterocycles. The molecule has 0 aromatic rings. The van der Waals surface area contributed by atoms with Gasteiger partial charge in [0.15, 0.2) is 0 Å². The second-order valence-electron chi connectivity index (χ2n) is 8.16. The van der Waals surface area contributed by atoms with Gasteiger partial charge in [0.05, 0.1) is 7.11 Å². The van der Waals surface area contributed by atoms with Crippen molar-refractivity contribution in [2.24, 2.45) is 0 Å². The number of alkyl carbamates (subject to hydrolysis) is 1. The van der Waals surface area contributed by atoms with Gasteiger partial charge in [0.2, 0.25) is 11.8 Å². The second kappa shape index (κ2) is 15.0. The molecule has 0 saturated heterocycles. The Balaban J connectivity index is 5.56. The number of carbonyl (C=O) groups excluding carboxylic acids is 5. The van der Waals surface area contributed by atoms with Crippen molar-refractivity contribution >= 4 is 41.7 Å². The van der Waals surface area contributed by atoms with Gasteiger partial charge in [-0.1, -0.05) is 12.7 Å². The molecule has 0 aromatic carbocycles. The molecule has 13 heteroatoms. The average molecular weight is 505 g/mol. The Labute approximate surface area is 204 Å². The summed E-state index contributed by atoms with van der Waals surface area (Å²) >= 11 is 1.34. The molecule has 0 aliphatic heterocycles. The minimum absolute atomic E-state index is 0.0125. The first kappa shape index (κ1) is 31.0. The van der Waals surface area contributed by atoms with Gasteiger partial charge in [-0.2, -0.15) is 11.8 Å². The van der Waals surface area contributed by atoms with Crippen LogP contribution in [0.1, 0.15) is 20.8 Å². The molecule has 0 radical (unpaired) electrons. The third-order valence-electron chi connectivity index (χ3n) is 4.16. The van der Waals surface area contributed by atoms with Crippen LogP contribution in [0.15, 0.2) is 12.7 Å². The van der Waals surface area contributed by atoms with Crippen molar-refractivity contribution in [3.05, 3.63) is 12.7 Å². The van der Waals surface area contributed by atoms with Crippen LogP contribution in [-0.2, 0) is 28.6 Å². The van der Waals surface area contributed by atoms with Gasteiger partial charge < -0.3 is 29.7 Å². The number of esters is 1. The van der Waals surface area contributed by atoms with Gasteiger partial charge in [-0.3, -0.25) is 19.3 Å². The molecule has 4 amide bonds. The monoisotopic (exact) mass is 504 g/mol. The molecular weight excluding hydrogens is 468 g/mol. The highest BCUT2D eigenvalue weighted by Gasteiger charge is 2.33. The summed E-state index contributed by atoms with van der Waals surface area (Å²) in [6.45, 7) is 7.75. The van der Waals surface area contributed by atoms with Crippen LogP contribution in [0.25, 0.3) is 0 Å². The molecule has 0 aliphatic rings. The predicted octanol–water partition coefficient (Wildman–Crippen LogP) is 0.613. The number of methoxy groups -OCH3 is 1. The van der Waals surface area contributed by atoms with Gasteiger partial charge in [0.1, 0.15) is 30.8 Å². The van der Waals surface area contributed by atoms with Crippen LogP contribution in [0.3, 0.4) is 0 Å². The number of thioether (sulfide) groups is 1. The lowest BCUT2D eigenvalue weighted by Gasteiger charge is -2.31. The van der Waals surface area contributed by atoms with Gasteiger partial charge in [0.25, 0.3) is 0 Å². The maximum absolute atomic E-state index is 13.1. The van der Waals surface area contributed by atoms with Crippen molar-refractivity contribution in [1.82, 2.24) is 20.4 Å². The molecule has 0 unspecified atom stereocenters. The fourth-order valence-corrected chi connectivity index (χ4v) is 3.16. The Morgan fingerprint density at radius 3 is 2.26 bits per heavy atom. The smallest absolute Gasteiger partial charge is 0.410 e. The maximum atomic E-state index is 13.1. The van der Waals surface area contributed by atoms with Crippen LogP contribution in [0.2, 0.25) is 0 Å². The zero-order chi connectivity index (χ0) is 26.5. The summed E-state index contributed by atoms with van der Waals surface area (Å²) in [5.74, 6) is -1.63. The zero-order valence-electron chi connectivity index (χ0n) is 20.8. The van der Waals surface area contributed by atoms with E-state index in [4.69, 9.17) is 9.47 Å². The largest absolute Gasteiger partial charge is 0.468 e. The van der Waals surface area contributed by atoms with Crippen LogP contribution >= 0.6 is 11.8 Å². The fourth-order valence-electron chi connectivity index (χ4n) is 2.48. The lowest BCUT2D eigenvalue weighted by atomic mass is 10.2. The van der Waals surface area contributed by atoms with E-state index in [1.807, 2.05) is 0 Å². The zero-order valence-corrected chi connectivity index (χ0v) is 21.7. The molecule has 0 aliphatic carbocycles. The topological polar surface area (TPSA) is 144 Å². The van der Waals surface area contributed by atoms with E-state index in [1.165, 1.54) is 43.9 Å². The molecule has 0 aromatic heterocycles. The van der Waals surface area contributed by atoms with Gasteiger partial charge in [-0.05, 0) is 27.0 Å². The normalized spacial score (nSPS) is 12.4. The third kappa shape index (κ3) is 11.8. The Kier molecular flexibility index (Phi) is 13.7. The SMILES string of the molecule is C=CCOC(=O)N(C)[C@H](CSC)C(=O)N(C)C[C@@H](NC(=O)OC(C)(C)C)C(=O)NCC(=O)OC. The first-order valence-corrected chi connectivity index (χ1v) is 11.7. The first-order chi connectivity index (χ1) is 15.8. The minimum Gasteiger partial charge on any atom is -0.468 e. The summed E-state index contributed by atoms with van der Waals surface area (Å²) in [5, 5.41) is 4.76. The highest BCUT2D eigenvalue weighted by atomic mass is 32.2. The molecule has 0 bridgehead atoms. The van der Waals surface area contributed by atoms with Crippen molar-refractivity contribution in [3.8, 4) is 0 Å². The van der Waals surface area contributed by atoms with E-state index in [2.05, 4.69) is 21.9 Å². The van der Waals surface area contributed by atoms with E-state index < -0.39 is 54.2 Å². The molecule has 34 heavy (non-hydrogen) atoms. The average Bonchev–Trinajstić information content (AvgIpc) is 2.76. The molecule has 194 valence electrons. The van der Waals surface area contributed by atoms with E-state index in [-0.39, 0.29) is 18.9 Å².